The predicted molar refractivity (Wildman–Crippen MR) is 92.8 cm³/mol. The first-order valence-corrected chi connectivity index (χ1v) is 8.72. The van der Waals surface area contributed by atoms with E-state index in [2.05, 4.69) is 15.7 Å². The Balaban J connectivity index is 1.51. The monoisotopic (exact) mass is 344 g/mol. The van der Waals surface area contributed by atoms with Crippen molar-refractivity contribution in [2.45, 2.75) is 24.3 Å². The topological polar surface area (TPSA) is 59.0 Å². The van der Waals surface area contributed by atoms with Gasteiger partial charge in [-0.1, -0.05) is 23.7 Å². The summed E-state index contributed by atoms with van der Waals surface area (Å²) in [7, 11) is 1.90. The van der Waals surface area contributed by atoms with Gasteiger partial charge in [0, 0.05) is 37.3 Å². The molecule has 1 aromatic heterocycles. The Morgan fingerprint density at radius 1 is 1.42 bits per heavy atom. The van der Waals surface area contributed by atoms with Crippen LogP contribution in [-0.4, -0.2) is 28.8 Å². The summed E-state index contributed by atoms with van der Waals surface area (Å²) < 4.78 is 1.79. The molecular formula is C18H21ClN4O. The number of carbonyl (C=O) groups is 1. The van der Waals surface area contributed by atoms with Crippen molar-refractivity contribution < 1.29 is 4.79 Å². The van der Waals surface area contributed by atoms with E-state index in [1.807, 2.05) is 43.7 Å². The third-order valence-electron chi connectivity index (χ3n) is 5.19. The largest absolute Gasteiger partial charge is 0.346 e. The highest BCUT2D eigenvalue weighted by molar-refractivity contribution is 6.30. The highest BCUT2D eigenvalue weighted by Crippen LogP contribution is 2.46. The van der Waals surface area contributed by atoms with Crippen molar-refractivity contribution in [2.24, 2.45) is 13.0 Å². The summed E-state index contributed by atoms with van der Waals surface area (Å²) in [6, 6.07) is 7.81. The lowest BCUT2D eigenvalue weighted by Crippen LogP contribution is -2.41. The van der Waals surface area contributed by atoms with E-state index in [0.717, 1.165) is 30.5 Å². The number of halogens is 1. The molecule has 2 aromatic rings. The maximum atomic E-state index is 12.9. The minimum Gasteiger partial charge on any atom is -0.346 e. The van der Waals surface area contributed by atoms with E-state index >= 15 is 0 Å². The molecule has 6 heteroatoms. The second kappa shape index (κ2) is 5.90. The number of aryl methyl sites for hydroxylation is 1. The number of amides is 1. The smallest absolute Gasteiger partial charge is 0.225 e. The van der Waals surface area contributed by atoms with Crippen LogP contribution in [0.4, 0.5) is 0 Å². The van der Waals surface area contributed by atoms with Gasteiger partial charge < -0.3 is 10.6 Å². The summed E-state index contributed by atoms with van der Waals surface area (Å²) in [5, 5.41) is 11.6. The number of carbonyl (C=O) groups excluding carboxylic acids is 1. The molecule has 2 fully saturated rings. The van der Waals surface area contributed by atoms with Crippen molar-refractivity contribution >= 4 is 17.5 Å². The number of hydrogen-bond acceptors (Lipinski definition) is 3. The quantitative estimate of drug-likeness (QED) is 0.893. The first-order chi connectivity index (χ1) is 11.6. The van der Waals surface area contributed by atoms with Crippen LogP contribution in [0.2, 0.25) is 5.02 Å². The number of aromatic nitrogens is 2. The lowest BCUT2D eigenvalue weighted by molar-refractivity contribution is -0.125. The second-order valence-corrected chi connectivity index (χ2v) is 7.34. The van der Waals surface area contributed by atoms with Crippen molar-refractivity contribution in [2.75, 3.05) is 13.1 Å². The predicted octanol–water partition coefficient (Wildman–Crippen LogP) is 2.18. The minimum atomic E-state index is -0.232. The Kier molecular flexibility index (Phi) is 3.85. The molecule has 1 amide bonds. The van der Waals surface area contributed by atoms with Crippen molar-refractivity contribution in [3.05, 3.63) is 52.8 Å². The fourth-order valence-electron chi connectivity index (χ4n) is 3.66. The third kappa shape index (κ3) is 2.82. The van der Waals surface area contributed by atoms with Crippen LogP contribution in [0.1, 0.15) is 29.9 Å². The number of rotatable bonds is 4. The highest BCUT2D eigenvalue weighted by Gasteiger charge is 2.47. The first-order valence-electron chi connectivity index (χ1n) is 8.35. The molecule has 1 saturated heterocycles. The van der Waals surface area contributed by atoms with Gasteiger partial charge in [0.25, 0.3) is 0 Å². The lowest BCUT2D eigenvalue weighted by Gasteiger charge is -2.23. The first kappa shape index (κ1) is 15.7. The van der Waals surface area contributed by atoms with Crippen LogP contribution in [0.3, 0.4) is 0 Å². The van der Waals surface area contributed by atoms with Crippen LogP contribution >= 0.6 is 11.6 Å². The Morgan fingerprint density at radius 2 is 2.25 bits per heavy atom. The zero-order valence-corrected chi connectivity index (χ0v) is 14.4. The zero-order valence-electron chi connectivity index (χ0n) is 13.6. The molecule has 1 aliphatic carbocycles. The lowest BCUT2D eigenvalue weighted by atomic mass is 9.89. The summed E-state index contributed by atoms with van der Waals surface area (Å²) in [4.78, 5) is 12.9. The average molecular weight is 345 g/mol. The molecule has 0 bridgehead atoms. The molecule has 0 radical (unpaired) electrons. The summed E-state index contributed by atoms with van der Waals surface area (Å²) in [6.45, 7) is 1.52. The van der Waals surface area contributed by atoms with Gasteiger partial charge >= 0.3 is 0 Å². The van der Waals surface area contributed by atoms with E-state index in [1.54, 1.807) is 4.68 Å². The number of benzene rings is 1. The molecule has 1 aromatic carbocycles. The maximum Gasteiger partial charge on any atom is 0.225 e. The maximum absolute atomic E-state index is 12.9. The van der Waals surface area contributed by atoms with Crippen LogP contribution < -0.4 is 10.6 Å². The Bertz CT molecular complexity index is 768. The summed E-state index contributed by atoms with van der Waals surface area (Å²) in [5.74, 6) is 0.228. The molecule has 5 nitrogen and oxygen atoms in total. The van der Waals surface area contributed by atoms with E-state index in [1.165, 1.54) is 0 Å². The third-order valence-corrected chi connectivity index (χ3v) is 5.43. The highest BCUT2D eigenvalue weighted by atomic mass is 35.5. The van der Waals surface area contributed by atoms with Crippen LogP contribution in [0, 0.1) is 5.92 Å². The van der Waals surface area contributed by atoms with Gasteiger partial charge in [0.1, 0.15) is 0 Å². The molecule has 24 heavy (non-hydrogen) atoms. The van der Waals surface area contributed by atoms with Crippen molar-refractivity contribution in [1.82, 2.24) is 20.4 Å². The minimum absolute atomic E-state index is 0.0640. The normalized spacial score (nSPS) is 24.8. The molecule has 2 aliphatic rings. The average Bonchev–Trinajstić information content (AvgIpc) is 2.97. The van der Waals surface area contributed by atoms with Crippen LogP contribution in [0.15, 0.2) is 36.7 Å². The van der Waals surface area contributed by atoms with Gasteiger partial charge in [-0.2, -0.15) is 5.10 Å². The molecule has 0 unspecified atom stereocenters. The molecule has 1 saturated carbocycles. The molecule has 1 aliphatic heterocycles. The molecule has 2 heterocycles. The molecule has 0 spiro atoms. The van der Waals surface area contributed by atoms with E-state index in [4.69, 9.17) is 11.6 Å². The molecule has 2 N–H and O–H groups in total. The van der Waals surface area contributed by atoms with Crippen LogP contribution in [-0.2, 0) is 17.4 Å². The summed E-state index contributed by atoms with van der Waals surface area (Å²) >= 11 is 6.12. The second-order valence-electron chi connectivity index (χ2n) is 6.90. The Hall–Kier alpha value is -1.85. The van der Waals surface area contributed by atoms with E-state index in [-0.39, 0.29) is 23.3 Å². The zero-order chi connectivity index (χ0) is 16.7. The van der Waals surface area contributed by atoms with Crippen LogP contribution in [0.25, 0.3) is 0 Å². The Labute approximate surface area is 146 Å². The van der Waals surface area contributed by atoms with Crippen molar-refractivity contribution in [3.63, 3.8) is 0 Å². The molecule has 2 atom stereocenters. The van der Waals surface area contributed by atoms with Gasteiger partial charge in [0.05, 0.1) is 17.7 Å². The Morgan fingerprint density at radius 3 is 2.92 bits per heavy atom. The van der Waals surface area contributed by atoms with Gasteiger partial charge in [-0.05, 0) is 36.1 Å². The fourth-order valence-corrected chi connectivity index (χ4v) is 3.85. The number of nitrogens with one attached hydrogen (secondary N) is 2. The molecule has 4 rings (SSSR count). The SMILES string of the molecule is Cn1cc([C@H]2CNC[C@@H]2C(=O)NC2(c3cccc(Cl)c3)CC2)cn1. The summed E-state index contributed by atoms with van der Waals surface area (Å²) in [5.41, 5.74) is 1.99. The summed E-state index contributed by atoms with van der Waals surface area (Å²) in [6.07, 6.45) is 5.80. The van der Waals surface area contributed by atoms with Crippen molar-refractivity contribution in [3.8, 4) is 0 Å². The molecular weight excluding hydrogens is 324 g/mol. The van der Waals surface area contributed by atoms with E-state index in [0.29, 0.717) is 11.6 Å². The standard InChI is InChI=1S/C18H21ClN4O/c1-23-11-12(8-21-23)15-9-20-10-16(15)17(24)22-18(5-6-18)13-3-2-4-14(19)7-13/h2-4,7-8,11,15-16,20H,5-6,9-10H2,1H3,(H,22,24)/t15-,16+/m1/s1. The van der Waals surface area contributed by atoms with Crippen molar-refractivity contribution in [1.29, 1.82) is 0 Å². The van der Waals surface area contributed by atoms with Gasteiger partial charge in [0.2, 0.25) is 5.91 Å². The fraction of sp³-hybridized carbons (Fsp3) is 0.444. The number of nitrogens with zero attached hydrogens (tertiary/aromatic N) is 2. The molecule has 126 valence electrons. The van der Waals surface area contributed by atoms with Gasteiger partial charge in [-0.15, -0.1) is 0 Å². The van der Waals surface area contributed by atoms with Gasteiger partial charge in [0.15, 0.2) is 0 Å². The number of hydrogen-bond donors (Lipinski definition) is 2. The van der Waals surface area contributed by atoms with E-state index < -0.39 is 0 Å². The van der Waals surface area contributed by atoms with Gasteiger partial charge in [-0.25, -0.2) is 0 Å². The van der Waals surface area contributed by atoms with Crippen LogP contribution in [0.5, 0.6) is 0 Å². The van der Waals surface area contributed by atoms with Gasteiger partial charge in [-0.3, -0.25) is 9.48 Å². The van der Waals surface area contributed by atoms with E-state index in [9.17, 15) is 4.79 Å².